The number of allylic oxidation sites excluding steroid dienone is 6. The fourth-order valence-electron chi connectivity index (χ4n) is 8.58. The highest BCUT2D eigenvalue weighted by Crippen LogP contribution is 2.38. The van der Waals surface area contributed by atoms with Crippen LogP contribution in [0.5, 0.6) is 0 Å². The van der Waals surface area contributed by atoms with Crippen molar-refractivity contribution in [2.45, 2.75) is 289 Å². The molecule has 0 aromatic carbocycles. The SMILES string of the molecule is CCCCCCC/C=C\C/C=C\C/C=C\CCCCCCCCC(=O)NC(COP(=O)([O-])OCC[N+](C)(C)C)C(O)CCCCCCCCCCCCCCCCCCCCCCCCCC. The molecule has 67 heavy (non-hydrogen) atoms. The van der Waals surface area contributed by atoms with Crippen molar-refractivity contribution in [2.24, 2.45) is 0 Å². The number of aliphatic hydroxyl groups excluding tert-OH is 1. The van der Waals surface area contributed by atoms with E-state index in [2.05, 4.69) is 55.6 Å². The number of amides is 1. The maximum Gasteiger partial charge on any atom is 0.268 e. The summed E-state index contributed by atoms with van der Waals surface area (Å²) in [5.74, 6) is -0.174. The molecule has 0 bridgehead atoms. The summed E-state index contributed by atoms with van der Waals surface area (Å²) in [6, 6.07) is -0.809. The number of nitrogens with one attached hydrogen (secondary N) is 1. The predicted molar refractivity (Wildman–Crippen MR) is 288 cm³/mol. The fraction of sp³-hybridized carbons (Fsp3) is 0.879. The van der Waals surface area contributed by atoms with Crippen molar-refractivity contribution in [1.82, 2.24) is 5.32 Å². The molecule has 1 amide bonds. The Labute approximate surface area is 417 Å². The van der Waals surface area contributed by atoms with Crippen LogP contribution in [-0.2, 0) is 18.4 Å². The molecule has 2 N–H and O–H groups in total. The Hall–Kier alpha value is -1.28. The Kier molecular flexibility index (Phi) is 48.7. The van der Waals surface area contributed by atoms with E-state index in [0.29, 0.717) is 23.9 Å². The van der Waals surface area contributed by atoms with Crippen LogP contribution in [0.15, 0.2) is 36.5 Å². The number of phosphoric acid groups is 1. The maximum atomic E-state index is 13.0. The second kappa shape index (κ2) is 49.7. The summed E-state index contributed by atoms with van der Waals surface area (Å²) in [6.45, 7) is 4.73. The molecular formula is C58H113N2O6P. The van der Waals surface area contributed by atoms with Gasteiger partial charge in [-0.25, -0.2) is 0 Å². The summed E-state index contributed by atoms with van der Waals surface area (Å²) in [5.41, 5.74) is 0. The van der Waals surface area contributed by atoms with Crippen LogP contribution in [0, 0.1) is 0 Å². The predicted octanol–water partition coefficient (Wildman–Crippen LogP) is 16.7. The lowest BCUT2D eigenvalue weighted by Crippen LogP contribution is -2.46. The number of phosphoric ester groups is 1. The number of aliphatic hydroxyl groups is 1. The topological polar surface area (TPSA) is 108 Å². The minimum atomic E-state index is -4.58. The number of carbonyl (C=O) groups excluding carboxylic acids is 1. The van der Waals surface area contributed by atoms with E-state index in [1.807, 2.05) is 21.1 Å². The zero-order chi connectivity index (χ0) is 49.2. The smallest absolute Gasteiger partial charge is 0.268 e. The number of hydrogen-bond acceptors (Lipinski definition) is 6. The normalized spacial score (nSPS) is 14.2. The van der Waals surface area contributed by atoms with Crippen LogP contribution in [0.2, 0.25) is 0 Å². The van der Waals surface area contributed by atoms with Crippen molar-refractivity contribution in [1.29, 1.82) is 0 Å². The van der Waals surface area contributed by atoms with Crippen molar-refractivity contribution in [3.8, 4) is 0 Å². The number of carbonyl (C=O) groups is 1. The standard InChI is InChI=1S/C58H113N2O6P/c1-6-8-10-12-14-16-18-20-22-24-26-28-29-30-32-33-35-37-39-41-43-45-47-49-51-57(61)56(55-66-67(63,64)65-54-53-60(3,4)5)59-58(62)52-50-48-46-44-42-40-38-36-34-31-27-25-23-21-19-17-15-13-11-9-7-2/h19,21,25,27,34,36,56-57,61H,6-18,20,22-24,26,28-33,35,37-55H2,1-5H3,(H-,59,62,63,64)/b21-19-,27-25-,36-34-. The molecule has 0 spiro atoms. The highest BCUT2D eigenvalue weighted by Gasteiger charge is 2.24. The zero-order valence-corrected chi connectivity index (χ0v) is 46.0. The third kappa shape index (κ3) is 52.4. The summed E-state index contributed by atoms with van der Waals surface area (Å²) >= 11 is 0. The largest absolute Gasteiger partial charge is 0.756 e. The van der Waals surface area contributed by atoms with Crippen molar-refractivity contribution < 1.29 is 32.9 Å². The van der Waals surface area contributed by atoms with Gasteiger partial charge in [0.05, 0.1) is 39.9 Å². The monoisotopic (exact) mass is 965 g/mol. The van der Waals surface area contributed by atoms with Gasteiger partial charge in [-0.05, 0) is 51.4 Å². The van der Waals surface area contributed by atoms with Gasteiger partial charge in [0.15, 0.2) is 0 Å². The van der Waals surface area contributed by atoms with Gasteiger partial charge in [0, 0.05) is 6.42 Å². The Morgan fingerprint density at radius 3 is 1.25 bits per heavy atom. The van der Waals surface area contributed by atoms with Crippen molar-refractivity contribution in [3.05, 3.63) is 36.5 Å². The lowest BCUT2D eigenvalue weighted by molar-refractivity contribution is -0.870. The van der Waals surface area contributed by atoms with Crippen LogP contribution in [0.1, 0.15) is 277 Å². The Morgan fingerprint density at radius 1 is 0.522 bits per heavy atom. The van der Waals surface area contributed by atoms with Crippen LogP contribution >= 0.6 is 7.82 Å². The number of unbranched alkanes of at least 4 members (excludes halogenated alkanes) is 34. The van der Waals surface area contributed by atoms with Gasteiger partial charge < -0.3 is 28.8 Å². The lowest BCUT2D eigenvalue weighted by atomic mass is 10.0. The molecule has 0 rings (SSSR count). The molecule has 0 radical (unpaired) electrons. The minimum Gasteiger partial charge on any atom is -0.756 e. The van der Waals surface area contributed by atoms with Crippen LogP contribution in [0.25, 0.3) is 0 Å². The average molecular weight is 966 g/mol. The summed E-state index contributed by atoms with van der Waals surface area (Å²) in [5, 5.41) is 14.0. The van der Waals surface area contributed by atoms with Gasteiger partial charge in [0.1, 0.15) is 13.2 Å². The fourth-order valence-corrected chi connectivity index (χ4v) is 9.30. The number of likely N-dealkylation sites (N-methyl/N-ethyl adjacent to an activating group) is 1. The summed E-state index contributed by atoms with van der Waals surface area (Å²) in [7, 11) is 1.30. The molecule has 0 fully saturated rings. The Morgan fingerprint density at radius 2 is 0.866 bits per heavy atom. The van der Waals surface area contributed by atoms with E-state index in [0.717, 1.165) is 64.2 Å². The van der Waals surface area contributed by atoms with E-state index in [9.17, 15) is 19.4 Å². The first kappa shape index (κ1) is 65.7. The Balaban J connectivity index is 4.20. The van der Waals surface area contributed by atoms with Crippen molar-refractivity contribution in [3.63, 3.8) is 0 Å². The molecule has 8 nitrogen and oxygen atoms in total. The second-order valence-electron chi connectivity index (χ2n) is 21.0. The molecule has 0 heterocycles. The first-order chi connectivity index (χ1) is 32.5. The highest BCUT2D eigenvalue weighted by atomic mass is 31.2. The zero-order valence-electron chi connectivity index (χ0n) is 45.1. The van der Waals surface area contributed by atoms with Crippen molar-refractivity contribution in [2.75, 3.05) is 40.9 Å². The van der Waals surface area contributed by atoms with Crippen molar-refractivity contribution >= 4 is 13.7 Å². The molecule has 0 aliphatic rings. The van der Waals surface area contributed by atoms with Crippen LogP contribution in [0.4, 0.5) is 0 Å². The third-order valence-electron chi connectivity index (χ3n) is 13.1. The van der Waals surface area contributed by atoms with E-state index in [4.69, 9.17) is 9.05 Å². The molecule has 0 aliphatic heterocycles. The third-order valence-corrected chi connectivity index (χ3v) is 14.1. The molecule has 9 heteroatoms. The maximum absolute atomic E-state index is 13.0. The molecular weight excluding hydrogens is 852 g/mol. The van der Waals surface area contributed by atoms with E-state index in [1.165, 1.54) is 186 Å². The highest BCUT2D eigenvalue weighted by molar-refractivity contribution is 7.45. The number of quaternary nitrogens is 1. The molecule has 0 aromatic heterocycles. The summed E-state index contributed by atoms with van der Waals surface area (Å²) in [4.78, 5) is 25.5. The van der Waals surface area contributed by atoms with E-state index >= 15 is 0 Å². The molecule has 0 saturated carbocycles. The van der Waals surface area contributed by atoms with Crippen LogP contribution in [0.3, 0.4) is 0 Å². The van der Waals surface area contributed by atoms with Gasteiger partial charge in [-0.3, -0.25) is 9.36 Å². The first-order valence-corrected chi connectivity index (χ1v) is 30.3. The number of hydrogen-bond donors (Lipinski definition) is 2. The van der Waals surface area contributed by atoms with Gasteiger partial charge in [-0.1, -0.05) is 256 Å². The molecule has 3 atom stereocenters. The molecule has 0 saturated heterocycles. The second-order valence-corrected chi connectivity index (χ2v) is 22.4. The molecule has 0 aromatic rings. The molecule has 0 aliphatic carbocycles. The van der Waals surface area contributed by atoms with E-state index in [-0.39, 0.29) is 19.1 Å². The van der Waals surface area contributed by atoms with Crippen LogP contribution < -0.4 is 10.2 Å². The Bertz CT molecular complexity index is 1190. The van der Waals surface area contributed by atoms with Gasteiger partial charge in [-0.15, -0.1) is 0 Å². The van der Waals surface area contributed by atoms with Gasteiger partial charge in [0.25, 0.3) is 7.82 Å². The first-order valence-electron chi connectivity index (χ1n) is 28.8. The van der Waals surface area contributed by atoms with Crippen LogP contribution in [-0.4, -0.2) is 68.5 Å². The molecule has 3 unspecified atom stereocenters. The van der Waals surface area contributed by atoms with Gasteiger partial charge >= 0.3 is 0 Å². The van der Waals surface area contributed by atoms with E-state index < -0.39 is 20.0 Å². The summed E-state index contributed by atoms with van der Waals surface area (Å²) in [6.07, 6.45) is 63.1. The molecule has 396 valence electrons. The minimum absolute atomic E-state index is 0.00927. The average Bonchev–Trinajstić information content (AvgIpc) is 3.29. The quantitative estimate of drug-likeness (QED) is 0.0272. The van der Waals surface area contributed by atoms with Gasteiger partial charge in [-0.2, -0.15) is 0 Å². The number of nitrogens with zero attached hydrogens (tertiary/aromatic N) is 1. The summed E-state index contributed by atoms with van der Waals surface area (Å²) < 4.78 is 23.4. The lowest BCUT2D eigenvalue weighted by Gasteiger charge is -2.30. The van der Waals surface area contributed by atoms with E-state index in [1.54, 1.807) is 0 Å². The number of rotatable bonds is 53. The van der Waals surface area contributed by atoms with Gasteiger partial charge in [0.2, 0.25) is 5.91 Å².